The molecule has 0 aliphatic carbocycles. The zero-order valence-corrected chi connectivity index (χ0v) is 10.9. The smallest absolute Gasteiger partial charge is 0.262 e. The molecule has 7 heteroatoms. The van der Waals surface area contributed by atoms with Gasteiger partial charge in [0.05, 0.1) is 24.7 Å². The summed E-state index contributed by atoms with van der Waals surface area (Å²) in [6.45, 7) is -0.478. The van der Waals surface area contributed by atoms with E-state index in [0.29, 0.717) is 16.5 Å². The molecule has 0 spiro atoms. The number of ether oxygens (including phenoxy) is 1. The van der Waals surface area contributed by atoms with Crippen molar-refractivity contribution in [1.29, 1.82) is 0 Å². The van der Waals surface area contributed by atoms with E-state index in [4.69, 9.17) is 16.3 Å². The van der Waals surface area contributed by atoms with Gasteiger partial charge in [0.25, 0.3) is 5.92 Å². The van der Waals surface area contributed by atoms with Crippen LogP contribution in [0.5, 0.6) is 5.75 Å². The SMILES string of the molecule is COc1ccc(NC(=O)C2CC(F)(F)CN2)cc1Cl. The molecule has 1 aliphatic rings. The van der Waals surface area contributed by atoms with Crippen molar-refractivity contribution >= 4 is 23.2 Å². The Morgan fingerprint density at radius 2 is 2.32 bits per heavy atom. The predicted molar refractivity (Wildman–Crippen MR) is 68.0 cm³/mol. The summed E-state index contributed by atoms with van der Waals surface area (Å²) < 4.78 is 30.9. The second kappa shape index (κ2) is 5.30. The van der Waals surface area contributed by atoms with Gasteiger partial charge in [-0.15, -0.1) is 0 Å². The molecular weight excluding hydrogens is 278 g/mol. The summed E-state index contributed by atoms with van der Waals surface area (Å²) in [6.07, 6.45) is -0.497. The Labute approximate surface area is 114 Å². The molecule has 1 fully saturated rings. The number of rotatable bonds is 3. The van der Waals surface area contributed by atoms with Gasteiger partial charge in [-0.05, 0) is 18.2 Å². The number of benzene rings is 1. The molecule has 0 aromatic heterocycles. The van der Waals surface area contributed by atoms with Gasteiger partial charge in [-0.1, -0.05) is 11.6 Å². The molecule has 1 atom stereocenters. The minimum absolute atomic E-state index is 0.338. The van der Waals surface area contributed by atoms with E-state index in [-0.39, 0.29) is 0 Å². The van der Waals surface area contributed by atoms with Crippen LogP contribution < -0.4 is 15.4 Å². The monoisotopic (exact) mass is 290 g/mol. The number of halogens is 3. The Morgan fingerprint density at radius 3 is 2.84 bits per heavy atom. The van der Waals surface area contributed by atoms with Gasteiger partial charge in [-0.25, -0.2) is 8.78 Å². The van der Waals surface area contributed by atoms with E-state index >= 15 is 0 Å². The van der Waals surface area contributed by atoms with Gasteiger partial charge in [-0.2, -0.15) is 0 Å². The number of nitrogens with one attached hydrogen (secondary N) is 2. The highest BCUT2D eigenvalue weighted by molar-refractivity contribution is 6.32. The van der Waals surface area contributed by atoms with Gasteiger partial charge in [0.1, 0.15) is 5.75 Å². The molecule has 1 unspecified atom stereocenters. The van der Waals surface area contributed by atoms with Crippen molar-refractivity contribution in [2.75, 3.05) is 19.0 Å². The van der Waals surface area contributed by atoms with Crippen LogP contribution in [0.2, 0.25) is 5.02 Å². The first-order chi connectivity index (χ1) is 8.91. The third-order valence-corrected chi connectivity index (χ3v) is 3.14. The van der Waals surface area contributed by atoms with Gasteiger partial charge < -0.3 is 10.1 Å². The second-order valence-electron chi connectivity index (χ2n) is 4.33. The van der Waals surface area contributed by atoms with Crippen molar-refractivity contribution in [3.05, 3.63) is 23.2 Å². The summed E-state index contributed by atoms with van der Waals surface area (Å²) in [6, 6.07) is 3.80. The lowest BCUT2D eigenvalue weighted by atomic mass is 10.2. The first-order valence-electron chi connectivity index (χ1n) is 5.67. The number of carbonyl (C=O) groups excluding carboxylic acids is 1. The summed E-state index contributed by atoms with van der Waals surface area (Å²) in [5, 5.41) is 5.36. The highest BCUT2D eigenvalue weighted by Crippen LogP contribution is 2.28. The number of carbonyl (C=O) groups is 1. The van der Waals surface area contributed by atoms with E-state index in [1.807, 2.05) is 0 Å². The normalized spacial score (nSPS) is 21.2. The molecule has 1 aromatic carbocycles. The molecule has 4 nitrogen and oxygen atoms in total. The van der Waals surface area contributed by atoms with Crippen LogP contribution in [-0.4, -0.2) is 31.5 Å². The van der Waals surface area contributed by atoms with Crippen LogP contribution in [0.4, 0.5) is 14.5 Å². The minimum Gasteiger partial charge on any atom is -0.495 e. The first-order valence-corrected chi connectivity index (χ1v) is 6.05. The summed E-state index contributed by atoms with van der Waals surface area (Å²) in [5.41, 5.74) is 0.438. The maximum Gasteiger partial charge on any atom is 0.262 e. The van der Waals surface area contributed by atoms with E-state index in [1.54, 1.807) is 12.1 Å². The third-order valence-electron chi connectivity index (χ3n) is 2.85. The topological polar surface area (TPSA) is 50.4 Å². The van der Waals surface area contributed by atoms with Crippen LogP contribution >= 0.6 is 11.6 Å². The van der Waals surface area contributed by atoms with E-state index in [9.17, 15) is 13.6 Å². The highest BCUT2D eigenvalue weighted by atomic mass is 35.5. The quantitative estimate of drug-likeness (QED) is 0.898. The van der Waals surface area contributed by atoms with Gasteiger partial charge in [0.2, 0.25) is 5.91 Å². The minimum atomic E-state index is -2.83. The van der Waals surface area contributed by atoms with Crippen molar-refractivity contribution in [2.45, 2.75) is 18.4 Å². The van der Waals surface area contributed by atoms with E-state index in [1.165, 1.54) is 13.2 Å². The first kappa shape index (κ1) is 14.0. The number of methoxy groups -OCH3 is 1. The van der Waals surface area contributed by atoms with Crippen molar-refractivity contribution in [2.24, 2.45) is 0 Å². The van der Waals surface area contributed by atoms with Gasteiger partial charge in [0, 0.05) is 12.1 Å². The fourth-order valence-corrected chi connectivity index (χ4v) is 2.13. The molecular formula is C12H13ClF2N2O2. The largest absolute Gasteiger partial charge is 0.495 e. The zero-order chi connectivity index (χ0) is 14.0. The second-order valence-corrected chi connectivity index (χ2v) is 4.74. The molecule has 1 aliphatic heterocycles. The number of hydrogen-bond donors (Lipinski definition) is 2. The Hall–Kier alpha value is -1.40. The number of amides is 1. The molecule has 1 amide bonds. The molecule has 2 N–H and O–H groups in total. The van der Waals surface area contributed by atoms with Crippen LogP contribution in [-0.2, 0) is 4.79 Å². The van der Waals surface area contributed by atoms with Crippen molar-refractivity contribution < 1.29 is 18.3 Å². The molecule has 1 saturated heterocycles. The lowest BCUT2D eigenvalue weighted by molar-refractivity contribution is -0.118. The van der Waals surface area contributed by atoms with Gasteiger partial charge in [-0.3, -0.25) is 10.1 Å². The molecule has 1 heterocycles. The summed E-state index contributed by atoms with van der Waals surface area (Å²) in [5.74, 6) is -2.86. The number of alkyl halides is 2. The Morgan fingerprint density at radius 1 is 1.58 bits per heavy atom. The summed E-state index contributed by atoms with van der Waals surface area (Å²) in [4.78, 5) is 11.8. The Balaban J connectivity index is 2.01. The molecule has 104 valence electrons. The highest BCUT2D eigenvalue weighted by Gasteiger charge is 2.42. The predicted octanol–water partition coefficient (Wildman–Crippen LogP) is 2.28. The average molecular weight is 291 g/mol. The fourth-order valence-electron chi connectivity index (χ4n) is 1.87. The number of anilines is 1. The molecule has 2 rings (SSSR count). The van der Waals surface area contributed by atoms with E-state index in [0.717, 1.165) is 0 Å². The molecule has 0 bridgehead atoms. The maximum atomic E-state index is 13.0. The van der Waals surface area contributed by atoms with E-state index < -0.39 is 30.8 Å². The maximum absolute atomic E-state index is 13.0. The number of hydrogen-bond acceptors (Lipinski definition) is 3. The zero-order valence-electron chi connectivity index (χ0n) is 10.2. The fraction of sp³-hybridized carbons (Fsp3) is 0.417. The van der Waals surface area contributed by atoms with Crippen LogP contribution in [0, 0.1) is 0 Å². The Bertz CT molecular complexity index is 497. The lowest BCUT2D eigenvalue weighted by Gasteiger charge is -2.12. The van der Waals surface area contributed by atoms with Crippen molar-refractivity contribution in [1.82, 2.24) is 5.32 Å². The van der Waals surface area contributed by atoms with Crippen LogP contribution in [0.1, 0.15) is 6.42 Å². The van der Waals surface area contributed by atoms with Crippen molar-refractivity contribution in [3.63, 3.8) is 0 Å². The van der Waals surface area contributed by atoms with Gasteiger partial charge in [0.15, 0.2) is 0 Å². The lowest BCUT2D eigenvalue weighted by Crippen LogP contribution is -2.35. The standard InChI is InChI=1S/C12H13ClF2N2O2/c1-19-10-3-2-7(4-8(10)13)17-11(18)9-5-12(14,15)6-16-9/h2-4,9,16H,5-6H2,1H3,(H,17,18). The molecule has 0 saturated carbocycles. The summed E-state index contributed by atoms with van der Waals surface area (Å²) >= 11 is 5.91. The van der Waals surface area contributed by atoms with E-state index in [2.05, 4.69) is 10.6 Å². The Kier molecular flexibility index (Phi) is 3.91. The van der Waals surface area contributed by atoms with Gasteiger partial charge >= 0.3 is 0 Å². The molecule has 0 radical (unpaired) electrons. The molecule has 1 aromatic rings. The van der Waals surface area contributed by atoms with Crippen molar-refractivity contribution in [3.8, 4) is 5.75 Å². The average Bonchev–Trinajstić information content (AvgIpc) is 2.70. The van der Waals surface area contributed by atoms with Crippen LogP contribution in [0.25, 0.3) is 0 Å². The third kappa shape index (κ3) is 3.33. The summed E-state index contributed by atoms with van der Waals surface area (Å²) in [7, 11) is 1.48. The van der Waals surface area contributed by atoms with Crippen LogP contribution in [0.3, 0.4) is 0 Å². The molecule has 19 heavy (non-hydrogen) atoms. The van der Waals surface area contributed by atoms with Crippen LogP contribution in [0.15, 0.2) is 18.2 Å².